The molecular weight excluding hydrogens is 275 g/mol. The van der Waals surface area contributed by atoms with Gasteiger partial charge in [-0.05, 0) is 18.2 Å². The minimum atomic E-state index is -4.81. The standard InChI is InChI=1S/C13H8F3NO3/c14-13(15,16)20-11-4-2-1-3-10(11)19-12-6-5-9(8-18)7-17-12/h1-8H. The molecular formula is C13H8F3NO3. The minimum absolute atomic E-state index is 0.0498. The van der Waals surface area contributed by atoms with Gasteiger partial charge in [-0.25, -0.2) is 4.98 Å². The van der Waals surface area contributed by atoms with Crippen LogP contribution in [0.15, 0.2) is 42.6 Å². The van der Waals surface area contributed by atoms with Gasteiger partial charge in [0.25, 0.3) is 0 Å². The summed E-state index contributed by atoms with van der Waals surface area (Å²) in [6.07, 6.45) is -2.97. The Morgan fingerprint density at radius 3 is 2.30 bits per heavy atom. The number of halogens is 3. The number of benzene rings is 1. The topological polar surface area (TPSA) is 48.4 Å². The molecule has 0 saturated heterocycles. The van der Waals surface area contributed by atoms with Crippen molar-refractivity contribution in [2.24, 2.45) is 0 Å². The summed E-state index contributed by atoms with van der Waals surface area (Å²) in [6.45, 7) is 0. The van der Waals surface area contributed by atoms with E-state index in [1.807, 2.05) is 0 Å². The molecule has 0 aliphatic rings. The first-order valence-corrected chi connectivity index (χ1v) is 5.42. The van der Waals surface area contributed by atoms with Gasteiger partial charge in [-0.15, -0.1) is 13.2 Å². The monoisotopic (exact) mass is 283 g/mol. The van der Waals surface area contributed by atoms with Crippen molar-refractivity contribution >= 4 is 6.29 Å². The normalized spacial score (nSPS) is 10.9. The number of alkyl halides is 3. The Labute approximate surface area is 111 Å². The number of pyridine rings is 1. The van der Waals surface area contributed by atoms with Gasteiger partial charge in [0.2, 0.25) is 5.88 Å². The van der Waals surface area contributed by atoms with Gasteiger partial charge in [0, 0.05) is 17.8 Å². The van der Waals surface area contributed by atoms with Crippen LogP contribution in [0.3, 0.4) is 0 Å². The largest absolute Gasteiger partial charge is 0.573 e. The summed E-state index contributed by atoms with van der Waals surface area (Å²) >= 11 is 0. The van der Waals surface area contributed by atoms with Crippen molar-refractivity contribution in [2.75, 3.05) is 0 Å². The molecule has 4 nitrogen and oxygen atoms in total. The lowest BCUT2D eigenvalue weighted by Crippen LogP contribution is -2.17. The smallest absolute Gasteiger partial charge is 0.435 e. The zero-order chi connectivity index (χ0) is 14.6. The van der Waals surface area contributed by atoms with Gasteiger partial charge in [-0.3, -0.25) is 4.79 Å². The quantitative estimate of drug-likeness (QED) is 0.805. The number of carbonyl (C=O) groups is 1. The number of aldehydes is 1. The van der Waals surface area contributed by atoms with E-state index in [9.17, 15) is 18.0 Å². The predicted octanol–water partition coefficient (Wildman–Crippen LogP) is 3.59. The van der Waals surface area contributed by atoms with Crippen LogP contribution in [0.25, 0.3) is 0 Å². The van der Waals surface area contributed by atoms with Gasteiger partial charge in [-0.1, -0.05) is 12.1 Å². The lowest BCUT2D eigenvalue weighted by molar-refractivity contribution is -0.275. The molecule has 0 aliphatic heterocycles. The van der Waals surface area contributed by atoms with Crippen LogP contribution in [0.5, 0.6) is 17.4 Å². The number of hydrogen-bond acceptors (Lipinski definition) is 4. The maximum atomic E-state index is 12.2. The van der Waals surface area contributed by atoms with Crippen LogP contribution in [0, 0.1) is 0 Å². The van der Waals surface area contributed by atoms with E-state index in [1.165, 1.54) is 36.5 Å². The van der Waals surface area contributed by atoms with Crippen LogP contribution in [-0.2, 0) is 0 Å². The van der Waals surface area contributed by atoms with Crippen molar-refractivity contribution < 1.29 is 27.4 Å². The molecule has 1 heterocycles. The Hall–Kier alpha value is -2.57. The van der Waals surface area contributed by atoms with Gasteiger partial charge in [0.05, 0.1) is 0 Å². The summed E-state index contributed by atoms with van der Waals surface area (Å²) in [6, 6.07) is 8.13. The first kappa shape index (κ1) is 13.9. The summed E-state index contributed by atoms with van der Waals surface area (Å²) < 4.78 is 45.7. The third-order valence-corrected chi connectivity index (χ3v) is 2.18. The summed E-state index contributed by atoms with van der Waals surface area (Å²) in [5.74, 6) is -0.550. The maximum Gasteiger partial charge on any atom is 0.573 e. The molecule has 0 aliphatic carbocycles. The molecule has 0 bridgehead atoms. The molecule has 20 heavy (non-hydrogen) atoms. The number of para-hydroxylation sites is 2. The highest BCUT2D eigenvalue weighted by Crippen LogP contribution is 2.34. The van der Waals surface area contributed by atoms with Gasteiger partial charge < -0.3 is 9.47 Å². The van der Waals surface area contributed by atoms with E-state index in [0.717, 1.165) is 6.07 Å². The van der Waals surface area contributed by atoms with Crippen LogP contribution in [0.1, 0.15) is 10.4 Å². The molecule has 2 aromatic rings. The van der Waals surface area contributed by atoms with Crippen molar-refractivity contribution in [3.63, 3.8) is 0 Å². The summed E-state index contributed by atoms with van der Waals surface area (Å²) in [5.41, 5.74) is 0.331. The Bertz CT molecular complexity index is 597. The van der Waals surface area contributed by atoms with E-state index in [-0.39, 0.29) is 11.6 Å². The van der Waals surface area contributed by atoms with E-state index in [4.69, 9.17) is 4.74 Å². The highest BCUT2D eigenvalue weighted by molar-refractivity contribution is 5.74. The lowest BCUT2D eigenvalue weighted by atomic mass is 10.3. The van der Waals surface area contributed by atoms with Crippen molar-refractivity contribution in [1.82, 2.24) is 4.98 Å². The van der Waals surface area contributed by atoms with Crippen LogP contribution >= 0.6 is 0 Å². The summed E-state index contributed by atoms with van der Waals surface area (Å²) in [7, 11) is 0. The molecule has 0 N–H and O–H groups in total. The van der Waals surface area contributed by atoms with E-state index in [2.05, 4.69) is 9.72 Å². The molecule has 1 aromatic carbocycles. The average Bonchev–Trinajstić information content (AvgIpc) is 2.40. The number of nitrogens with zero attached hydrogens (tertiary/aromatic N) is 1. The second-order valence-electron chi connectivity index (χ2n) is 3.64. The Balaban J connectivity index is 2.21. The van der Waals surface area contributed by atoms with Crippen LogP contribution in [-0.4, -0.2) is 17.6 Å². The minimum Gasteiger partial charge on any atom is -0.435 e. The number of carbonyl (C=O) groups excluding carboxylic acids is 1. The number of ether oxygens (including phenoxy) is 2. The lowest BCUT2D eigenvalue weighted by Gasteiger charge is -2.13. The summed E-state index contributed by atoms with van der Waals surface area (Å²) in [4.78, 5) is 14.3. The van der Waals surface area contributed by atoms with Crippen molar-refractivity contribution in [2.45, 2.75) is 6.36 Å². The van der Waals surface area contributed by atoms with E-state index in [0.29, 0.717) is 11.8 Å². The fraction of sp³-hybridized carbons (Fsp3) is 0.0769. The molecule has 0 saturated carbocycles. The fourth-order valence-electron chi connectivity index (χ4n) is 1.38. The Morgan fingerprint density at radius 1 is 1.05 bits per heavy atom. The number of aromatic nitrogens is 1. The number of hydrogen-bond donors (Lipinski definition) is 0. The first-order chi connectivity index (χ1) is 9.48. The SMILES string of the molecule is O=Cc1ccc(Oc2ccccc2OC(F)(F)F)nc1. The maximum absolute atomic E-state index is 12.2. The molecule has 0 amide bonds. The molecule has 0 unspecified atom stereocenters. The number of rotatable bonds is 4. The molecule has 1 aromatic heterocycles. The van der Waals surface area contributed by atoms with Gasteiger partial charge >= 0.3 is 6.36 Å². The van der Waals surface area contributed by atoms with Crippen molar-refractivity contribution in [3.8, 4) is 17.4 Å². The van der Waals surface area contributed by atoms with E-state index < -0.39 is 12.1 Å². The third-order valence-electron chi connectivity index (χ3n) is 2.18. The van der Waals surface area contributed by atoms with Gasteiger partial charge in [0.15, 0.2) is 17.8 Å². The Kier molecular flexibility index (Phi) is 3.88. The second kappa shape index (κ2) is 5.60. The molecule has 0 fully saturated rings. The molecule has 0 atom stereocenters. The highest BCUT2D eigenvalue weighted by Gasteiger charge is 2.32. The van der Waals surface area contributed by atoms with Crippen molar-refractivity contribution in [3.05, 3.63) is 48.2 Å². The van der Waals surface area contributed by atoms with Crippen LogP contribution in [0.4, 0.5) is 13.2 Å². The predicted molar refractivity (Wildman–Crippen MR) is 62.8 cm³/mol. The molecule has 2 rings (SSSR count). The highest BCUT2D eigenvalue weighted by atomic mass is 19.4. The molecule has 7 heteroatoms. The van der Waals surface area contributed by atoms with Gasteiger partial charge in [0.1, 0.15) is 0 Å². The Morgan fingerprint density at radius 2 is 1.75 bits per heavy atom. The third kappa shape index (κ3) is 3.71. The van der Waals surface area contributed by atoms with Crippen LogP contribution < -0.4 is 9.47 Å². The zero-order valence-electron chi connectivity index (χ0n) is 9.92. The molecule has 0 spiro atoms. The van der Waals surface area contributed by atoms with Crippen molar-refractivity contribution in [1.29, 1.82) is 0 Å². The molecule has 104 valence electrons. The van der Waals surface area contributed by atoms with E-state index >= 15 is 0 Å². The van der Waals surface area contributed by atoms with Crippen LogP contribution in [0.2, 0.25) is 0 Å². The average molecular weight is 283 g/mol. The second-order valence-corrected chi connectivity index (χ2v) is 3.64. The van der Waals surface area contributed by atoms with Gasteiger partial charge in [-0.2, -0.15) is 0 Å². The fourth-order valence-corrected chi connectivity index (χ4v) is 1.38. The zero-order valence-corrected chi connectivity index (χ0v) is 9.92. The van der Waals surface area contributed by atoms with E-state index in [1.54, 1.807) is 0 Å². The molecule has 0 radical (unpaired) electrons. The first-order valence-electron chi connectivity index (χ1n) is 5.42. The summed E-state index contributed by atoms with van der Waals surface area (Å²) in [5, 5.41) is 0.